The lowest BCUT2D eigenvalue weighted by molar-refractivity contribution is 0.348. The lowest BCUT2D eigenvalue weighted by atomic mass is 9.78. The molecule has 2 rings (SSSR count). The average molecular weight is 193 g/mol. The first-order valence-corrected chi connectivity index (χ1v) is 6.14. The van der Waals surface area contributed by atoms with Crippen LogP contribution in [0, 0.1) is 17.8 Å². The normalized spacial score (nSPS) is 35.2. The van der Waals surface area contributed by atoms with Crippen LogP contribution >= 0.6 is 0 Å². The van der Waals surface area contributed by atoms with Gasteiger partial charge in [-0.25, -0.2) is 0 Å². The van der Waals surface area contributed by atoms with Gasteiger partial charge in [-0.05, 0) is 56.5 Å². The fourth-order valence-electron chi connectivity index (χ4n) is 2.76. The van der Waals surface area contributed by atoms with Gasteiger partial charge in [-0.2, -0.15) is 0 Å². The van der Waals surface area contributed by atoms with Gasteiger partial charge in [-0.1, -0.05) is 25.5 Å². The number of rotatable bonds is 2. The molecule has 0 aromatic carbocycles. The molecule has 2 aliphatic rings. The Hall–Kier alpha value is -0.300. The van der Waals surface area contributed by atoms with Gasteiger partial charge in [0, 0.05) is 0 Å². The van der Waals surface area contributed by atoms with Crippen LogP contribution in [0.1, 0.15) is 39.5 Å². The van der Waals surface area contributed by atoms with Gasteiger partial charge in [0.2, 0.25) is 0 Å². The average Bonchev–Trinajstić information content (AvgIpc) is 2.61. The first kappa shape index (κ1) is 10.2. The highest BCUT2D eigenvalue weighted by molar-refractivity contribution is 5.09. The molecule has 0 amide bonds. The lowest BCUT2D eigenvalue weighted by Crippen LogP contribution is -2.18. The largest absolute Gasteiger partial charge is 0.316 e. The summed E-state index contributed by atoms with van der Waals surface area (Å²) in [5, 5.41) is 3.52. The molecule has 2 fully saturated rings. The van der Waals surface area contributed by atoms with Crippen molar-refractivity contribution in [2.45, 2.75) is 39.5 Å². The molecule has 1 heteroatoms. The smallest absolute Gasteiger partial charge is 0.00142 e. The van der Waals surface area contributed by atoms with Crippen molar-refractivity contribution in [2.75, 3.05) is 13.1 Å². The van der Waals surface area contributed by atoms with Crippen molar-refractivity contribution in [3.8, 4) is 0 Å². The molecule has 0 bridgehead atoms. The van der Waals surface area contributed by atoms with Crippen molar-refractivity contribution < 1.29 is 0 Å². The molecule has 1 N–H and O–H groups in total. The Bertz CT molecular complexity index is 217. The van der Waals surface area contributed by atoms with E-state index in [-0.39, 0.29) is 0 Å². The maximum atomic E-state index is 3.52. The van der Waals surface area contributed by atoms with Gasteiger partial charge in [0.1, 0.15) is 0 Å². The summed E-state index contributed by atoms with van der Waals surface area (Å²) in [6, 6.07) is 0. The monoisotopic (exact) mass is 193 g/mol. The van der Waals surface area contributed by atoms with Crippen LogP contribution in [0.3, 0.4) is 0 Å². The van der Waals surface area contributed by atoms with E-state index in [2.05, 4.69) is 25.2 Å². The molecule has 0 radical (unpaired) electrons. The van der Waals surface area contributed by atoms with Crippen LogP contribution < -0.4 is 5.32 Å². The summed E-state index contributed by atoms with van der Waals surface area (Å²) < 4.78 is 0. The fraction of sp³-hybridized carbons (Fsp3) is 0.846. The number of nitrogens with one attached hydrogen (secondary N) is 1. The van der Waals surface area contributed by atoms with Crippen LogP contribution in [-0.4, -0.2) is 13.1 Å². The van der Waals surface area contributed by atoms with Crippen LogP contribution in [0.2, 0.25) is 0 Å². The highest BCUT2D eigenvalue weighted by atomic mass is 14.9. The van der Waals surface area contributed by atoms with E-state index in [1.807, 2.05) is 0 Å². The first-order valence-electron chi connectivity index (χ1n) is 6.14. The Kier molecular flexibility index (Phi) is 3.27. The summed E-state index contributed by atoms with van der Waals surface area (Å²) in [5.74, 6) is 2.77. The van der Waals surface area contributed by atoms with E-state index in [9.17, 15) is 0 Å². The summed E-state index contributed by atoms with van der Waals surface area (Å²) in [6.45, 7) is 7.16. The summed E-state index contributed by atoms with van der Waals surface area (Å²) in [6.07, 6.45) is 7.97. The lowest BCUT2D eigenvalue weighted by Gasteiger charge is -2.26. The minimum Gasteiger partial charge on any atom is -0.316 e. The minimum atomic E-state index is 0.821. The summed E-state index contributed by atoms with van der Waals surface area (Å²) >= 11 is 0. The molecule has 0 aromatic heterocycles. The van der Waals surface area contributed by atoms with E-state index < -0.39 is 0 Å². The second-order valence-electron chi connectivity index (χ2n) is 5.41. The molecule has 2 unspecified atom stereocenters. The Morgan fingerprint density at radius 3 is 2.93 bits per heavy atom. The molecule has 2 atom stereocenters. The minimum absolute atomic E-state index is 0.821. The topological polar surface area (TPSA) is 12.0 Å². The molecule has 0 spiro atoms. The molecule has 1 saturated carbocycles. The maximum Gasteiger partial charge on any atom is -0.00142 e. The highest BCUT2D eigenvalue weighted by Gasteiger charge is 2.30. The second kappa shape index (κ2) is 4.48. The molecule has 80 valence electrons. The van der Waals surface area contributed by atoms with Gasteiger partial charge < -0.3 is 5.32 Å². The third-order valence-corrected chi connectivity index (χ3v) is 3.72. The molecule has 1 aliphatic heterocycles. The van der Waals surface area contributed by atoms with Crippen molar-refractivity contribution in [3.63, 3.8) is 0 Å². The molecule has 1 saturated heterocycles. The zero-order valence-corrected chi connectivity index (χ0v) is 9.55. The van der Waals surface area contributed by atoms with Gasteiger partial charge in [0.15, 0.2) is 0 Å². The van der Waals surface area contributed by atoms with Crippen LogP contribution in [0.5, 0.6) is 0 Å². The van der Waals surface area contributed by atoms with E-state index in [0.29, 0.717) is 0 Å². The molecule has 0 aromatic rings. The van der Waals surface area contributed by atoms with E-state index in [1.165, 1.54) is 38.8 Å². The Morgan fingerprint density at radius 1 is 1.36 bits per heavy atom. The van der Waals surface area contributed by atoms with Gasteiger partial charge in [-0.3, -0.25) is 0 Å². The van der Waals surface area contributed by atoms with Gasteiger partial charge in [-0.15, -0.1) is 0 Å². The van der Waals surface area contributed by atoms with Crippen LogP contribution in [0.4, 0.5) is 0 Å². The van der Waals surface area contributed by atoms with E-state index in [4.69, 9.17) is 0 Å². The van der Waals surface area contributed by atoms with E-state index in [1.54, 1.807) is 5.57 Å². The van der Waals surface area contributed by atoms with Crippen LogP contribution in [-0.2, 0) is 0 Å². The fourth-order valence-corrected chi connectivity index (χ4v) is 2.76. The predicted molar refractivity (Wildman–Crippen MR) is 61.2 cm³/mol. The van der Waals surface area contributed by atoms with E-state index >= 15 is 0 Å². The number of fused-ring (bicyclic) bond motifs is 1. The van der Waals surface area contributed by atoms with Crippen LogP contribution in [0.25, 0.3) is 0 Å². The van der Waals surface area contributed by atoms with Crippen molar-refractivity contribution >= 4 is 0 Å². The molecule has 1 aliphatic carbocycles. The maximum absolute atomic E-state index is 3.52. The first-order chi connectivity index (χ1) is 6.75. The van der Waals surface area contributed by atoms with Gasteiger partial charge in [0.25, 0.3) is 0 Å². The van der Waals surface area contributed by atoms with Crippen molar-refractivity contribution in [2.24, 2.45) is 17.8 Å². The molecule has 1 heterocycles. The number of hydrogen-bond acceptors (Lipinski definition) is 1. The second-order valence-corrected chi connectivity index (χ2v) is 5.41. The number of hydrogen-bond donors (Lipinski definition) is 1. The Balaban J connectivity index is 1.87. The van der Waals surface area contributed by atoms with Gasteiger partial charge in [0.05, 0.1) is 0 Å². The third-order valence-electron chi connectivity index (χ3n) is 3.72. The Morgan fingerprint density at radius 2 is 2.14 bits per heavy atom. The van der Waals surface area contributed by atoms with E-state index in [0.717, 1.165) is 17.8 Å². The summed E-state index contributed by atoms with van der Waals surface area (Å²) in [5.41, 5.74) is 1.74. The summed E-state index contributed by atoms with van der Waals surface area (Å²) in [4.78, 5) is 0. The highest BCUT2D eigenvalue weighted by Crippen LogP contribution is 2.35. The SMILES string of the molecule is CC(C)C/C=C1/CCC2CNCC2C1. The van der Waals surface area contributed by atoms with Crippen molar-refractivity contribution in [3.05, 3.63) is 11.6 Å². The Labute approximate surface area is 88.0 Å². The number of allylic oxidation sites excluding steroid dienone is 2. The summed E-state index contributed by atoms with van der Waals surface area (Å²) in [7, 11) is 0. The molecular weight excluding hydrogens is 170 g/mol. The standard InChI is InChI=1S/C13H23N/c1-10(2)3-4-11-5-6-12-8-14-9-13(12)7-11/h4,10,12-14H,3,5-9H2,1-2H3/b11-4-. The zero-order valence-electron chi connectivity index (χ0n) is 9.55. The van der Waals surface area contributed by atoms with Crippen LogP contribution in [0.15, 0.2) is 11.6 Å². The van der Waals surface area contributed by atoms with Gasteiger partial charge >= 0.3 is 0 Å². The van der Waals surface area contributed by atoms with Crippen molar-refractivity contribution in [1.29, 1.82) is 0 Å². The zero-order chi connectivity index (χ0) is 9.97. The molecule has 14 heavy (non-hydrogen) atoms. The molecular formula is C13H23N. The third kappa shape index (κ3) is 2.38. The predicted octanol–water partition coefficient (Wildman–Crippen LogP) is 2.98. The molecule has 1 nitrogen and oxygen atoms in total. The quantitative estimate of drug-likeness (QED) is 0.665. The van der Waals surface area contributed by atoms with Crippen molar-refractivity contribution in [1.82, 2.24) is 5.32 Å².